The van der Waals surface area contributed by atoms with Gasteiger partial charge in [0, 0.05) is 0 Å². The molecule has 0 aromatic heterocycles. The van der Waals surface area contributed by atoms with Gasteiger partial charge in [-0.15, -0.1) is 0 Å². The van der Waals surface area contributed by atoms with E-state index in [0.29, 0.717) is 0 Å². The molecule has 0 aliphatic carbocycles. The van der Waals surface area contributed by atoms with E-state index >= 15 is 0 Å². The van der Waals surface area contributed by atoms with Crippen LogP contribution < -0.4 is 17.6 Å². The predicted octanol–water partition coefficient (Wildman–Crippen LogP) is 6.34. The standard InChI is InChI=1S/2C14H24Ge2/c2*1-5-15(6-2)13-11-9-10-12-14(13)16(7-3)8-4/h2*9-12H,5-8H2,1-4H3. The van der Waals surface area contributed by atoms with Crippen molar-refractivity contribution in [3.05, 3.63) is 48.5 Å². The van der Waals surface area contributed by atoms with Gasteiger partial charge in [-0.05, 0) is 0 Å². The fourth-order valence-electron chi connectivity index (χ4n) is 4.72. The maximum absolute atomic E-state index is 2.45. The second-order valence-electron chi connectivity index (χ2n) is 8.33. The molecule has 0 spiro atoms. The van der Waals surface area contributed by atoms with E-state index in [1.165, 1.54) is 42.0 Å². The van der Waals surface area contributed by atoms with E-state index in [-0.39, 0.29) is 0 Å². The van der Waals surface area contributed by atoms with Crippen LogP contribution in [0.3, 0.4) is 0 Å². The Morgan fingerprint density at radius 2 is 0.500 bits per heavy atom. The summed E-state index contributed by atoms with van der Waals surface area (Å²) < 4.78 is 7.36. The topological polar surface area (TPSA) is 0 Å². The Morgan fingerprint density at radius 1 is 0.344 bits per heavy atom. The van der Waals surface area contributed by atoms with Gasteiger partial charge in [0.1, 0.15) is 0 Å². The third-order valence-electron chi connectivity index (χ3n) is 6.79. The molecule has 4 heteroatoms. The van der Waals surface area contributed by atoms with Gasteiger partial charge in [0.15, 0.2) is 0 Å². The summed E-state index contributed by atoms with van der Waals surface area (Å²) in [5, 5.41) is 11.6. The van der Waals surface area contributed by atoms with Crippen LogP contribution in [0.5, 0.6) is 0 Å². The van der Waals surface area contributed by atoms with Crippen molar-refractivity contribution < 1.29 is 0 Å². The van der Waals surface area contributed by atoms with Gasteiger partial charge in [0.2, 0.25) is 0 Å². The summed E-state index contributed by atoms with van der Waals surface area (Å²) in [5.41, 5.74) is 0. The zero-order chi connectivity index (χ0) is 23.9. The van der Waals surface area contributed by atoms with Crippen molar-refractivity contribution in [3.63, 3.8) is 0 Å². The second kappa shape index (κ2) is 18.0. The van der Waals surface area contributed by atoms with Crippen LogP contribution in [0.2, 0.25) is 42.0 Å². The first-order chi connectivity index (χ1) is 15.6. The molecule has 0 aliphatic heterocycles. The number of hydrogen-bond donors (Lipinski definition) is 0. The molecule has 4 radical (unpaired) electrons. The Hall–Kier alpha value is 0.611. The summed E-state index contributed by atoms with van der Waals surface area (Å²) in [6.07, 6.45) is 0. The first-order valence-corrected chi connectivity index (χ1v) is 29.2. The third kappa shape index (κ3) is 9.00. The maximum atomic E-state index is 2.45. The van der Waals surface area contributed by atoms with Gasteiger partial charge in [-0.3, -0.25) is 0 Å². The molecule has 0 amide bonds. The molecule has 0 nitrogen and oxygen atoms in total. The van der Waals surface area contributed by atoms with Gasteiger partial charge in [0.25, 0.3) is 0 Å². The van der Waals surface area contributed by atoms with Crippen LogP contribution in [0, 0.1) is 0 Å². The fourth-order valence-corrected chi connectivity index (χ4v) is 29.7. The molecule has 0 unspecified atom stereocenters. The van der Waals surface area contributed by atoms with E-state index in [2.05, 4.69) is 104 Å². The van der Waals surface area contributed by atoms with Crippen molar-refractivity contribution in [1.82, 2.24) is 0 Å². The normalized spacial score (nSPS) is 11.4. The van der Waals surface area contributed by atoms with E-state index in [9.17, 15) is 0 Å². The van der Waals surface area contributed by atoms with Crippen molar-refractivity contribution in [2.24, 2.45) is 0 Å². The molecule has 2 aromatic rings. The van der Waals surface area contributed by atoms with Gasteiger partial charge in [0.05, 0.1) is 0 Å². The van der Waals surface area contributed by atoms with Crippen molar-refractivity contribution in [1.29, 1.82) is 0 Å². The monoisotopic (exact) mass is 680 g/mol. The Kier molecular flexibility index (Phi) is 17.2. The Morgan fingerprint density at radius 3 is 0.625 bits per heavy atom. The second-order valence-corrected chi connectivity index (χ2v) is 34.9. The van der Waals surface area contributed by atoms with E-state index in [4.69, 9.17) is 0 Å². The minimum absolute atomic E-state index is 0.916. The molecule has 0 fully saturated rings. The van der Waals surface area contributed by atoms with E-state index in [0.717, 1.165) is 0 Å². The van der Waals surface area contributed by atoms with Crippen molar-refractivity contribution in [2.75, 3.05) is 0 Å². The molecule has 0 N–H and O–H groups in total. The number of rotatable bonds is 12. The molecule has 2 rings (SSSR count). The van der Waals surface area contributed by atoms with Crippen LogP contribution in [-0.2, 0) is 0 Å². The molecular formula is C28H48Ge4. The molecule has 0 saturated carbocycles. The molecule has 0 aliphatic rings. The molecule has 0 atom stereocenters. The first-order valence-electron chi connectivity index (χ1n) is 13.1. The molecule has 176 valence electrons. The van der Waals surface area contributed by atoms with E-state index < -0.39 is 57.4 Å². The van der Waals surface area contributed by atoms with Crippen LogP contribution in [0.25, 0.3) is 0 Å². The van der Waals surface area contributed by atoms with Gasteiger partial charge in [-0.25, -0.2) is 0 Å². The molecule has 0 heterocycles. The summed E-state index contributed by atoms with van der Waals surface area (Å²) in [6, 6.07) is 18.9. The zero-order valence-corrected chi connectivity index (χ0v) is 30.7. The Labute approximate surface area is 219 Å². The van der Waals surface area contributed by atoms with Crippen molar-refractivity contribution in [3.8, 4) is 0 Å². The average Bonchev–Trinajstić information content (AvgIpc) is 2.84. The van der Waals surface area contributed by atoms with E-state index in [1.807, 2.05) is 17.6 Å². The summed E-state index contributed by atoms with van der Waals surface area (Å²) in [6.45, 7) is 19.2. The Balaban J connectivity index is 0.000000320. The first kappa shape index (κ1) is 30.6. The van der Waals surface area contributed by atoms with Crippen LogP contribution in [0.4, 0.5) is 0 Å². The van der Waals surface area contributed by atoms with Crippen LogP contribution >= 0.6 is 0 Å². The van der Waals surface area contributed by atoms with E-state index in [1.54, 1.807) is 0 Å². The van der Waals surface area contributed by atoms with Crippen molar-refractivity contribution >= 4 is 75.0 Å². The SMILES string of the molecule is C[CH2][Ge]([CH2]C)[c]1cccc[c]1[Ge]([CH2]C)[CH2]C.C[CH2][Ge]([CH2]C)[c]1cccc[c]1[Ge]([CH2]C)[CH2]C. The molecule has 32 heavy (non-hydrogen) atoms. The molecule has 2 aromatic carbocycles. The van der Waals surface area contributed by atoms with Gasteiger partial charge in [-0.1, -0.05) is 0 Å². The third-order valence-corrected chi connectivity index (χ3v) is 33.4. The number of benzene rings is 2. The number of hydrogen-bond acceptors (Lipinski definition) is 0. The van der Waals surface area contributed by atoms with Crippen molar-refractivity contribution in [2.45, 2.75) is 97.4 Å². The minimum atomic E-state index is -0.916. The average molecular weight is 675 g/mol. The fraction of sp³-hybridized carbons (Fsp3) is 0.571. The summed E-state index contributed by atoms with van der Waals surface area (Å²) >= 11 is -3.67. The predicted molar refractivity (Wildman–Crippen MR) is 158 cm³/mol. The molecular weight excluding hydrogens is 627 g/mol. The molecule has 0 bridgehead atoms. The summed E-state index contributed by atoms with van der Waals surface area (Å²) in [4.78, 5) is 0. The van der Waals surface area contributed by atoms with Crippen LogP contribution in [-0.4, -0.2) is 57.4 Å². The van der Waals surface area contributed by atoms with Crippen LogP contribution in [0.15, 0.2) is 48.5 Å². The summed E-state index contributed by atoms with van der Waals surface area (Å²) in [7, 11) is 0. The zero-order valence-electron chi connectivity index (χ0n) is 22.3. The molecule has 0 saturated heterocycles. The van der Waals surface area contributed by atoms with Gasteiger partial charge in [-0.2, -0.15) is 0 Å². The summed E-state index contributed by atoms with van der Waals surface area (Å²) in [5.74, 6) is 0. The Bertz CT molecular complexity index is 604. The van der Waals surface area contributed by atoms with Gasteiger partial charge < -0.3 is 0 Å². The quantitative estimate of drug-likeness (QED) is 0.231. The van der Waals surface area contributed by atoms with Crippen LogP contribution in [0.1, 0.15) is 55.4 Å². The van der Waals surface area contributed by atoms with Gasteiger partial charge >= 0.3 is 221 Å².